The van der Waals surface area contributed by atoms with Crippen LogP contribution in [0.25, 0.3) is 0 Å². The Morgan fingerprint density at radius 2 is 2.00 bits per heavy atom. The van der Waals surface area contributed by atoms with Crippen molar-refractivity contribution in [3.8, 4) is 5.75 Å². The fraction of sp³-hybridized carbons (Fsp3) is 0.500. The Bertz CT molecular complexity index is 478. The molecule has 1 aliphatic carbocycles. The van der Waals surface area contributed by atoms with E-state index in [0.717, 1.165) is 18.6 Å². The van der Waals surface area contributed by atoms with Crippen molar-refractivity contribution in [2.75, 3.05) is 13.2 Å². The number of hydrogen-bond acceptors (Lipinski definition) is 3. The molecule has 1 aromatic rings. The first kappa shape index (κ1) is 16.6. The first-order chi connectivity index (χ1) is 10.7. The Kier molecular flexibility index (Phi) is 6.46. The molecule has 1 saturated carbocycles. The van der Waals surface area contributed by atoms with E-state index in [2.05, 4.69) is 11.9 Å². The Morgan fingerprint density at radius 3 is 2.59 bits per heavy atom. The lowest BCUT2D eigenvalue weighted by molar-refractivity contribution is 0.0915. The van der Waals surface area contributed by atoms with Crippen molar-refractivity contribution < 1.29 is 9.53 Å². The van der Waals surface area contributed by atoms with Crippen LogP contribution in [0.1, 0.15) is 42.5 Å². The maximum absolute atomic E-state index is 12.4. The van der Waals surface area contributed by atoms with Gasteiger partial charge in [0.05, 0.1) is 0 Å². The van der Waals surface area contributed by atoms with Crippen LogP contribution < -0.4 is 15.8 Å². The van der Waals surface area contributed by atoms with Crippen molar-refractivity contribution in [2.45, 2.75) is 38.1 Å². The fourth-order valence-corrected chi connectivity index (χ4v) is 3.02. The Balaban J connectivity index is 1.93. The van der Waals surface area contributed by atoms with Gasteiger partial charge in [-0.3, -0.25) is 4.79 Å². The molecule has 0 radical (unpaired) electrons. The minimum Gasteiger partial charge on any atom is -0.490 e. The zero-order valence-corrected chi connectivity index (χ0v) is 13.1. The summed E-state index contributed by atoms with van der Waals surface area (Å²) in [5, 5.41) is 3.09. The molecule has 0 heterocycles. The van der Waals surface area contributed by atoms with Crippen LogP contribution in [0.4, 0.5) is 0 Å². The summed E-state index contributed by atoms with van der Waals surface area (Å²) in [5.41, 5.74) is 6.50. The van der Waals surface area contributed by atoms with Crippen LogP contribution in [0.2, 0.25) is 0 Å². The maximum Gasteiger partial charge on any atom is 0.251 e. The predicted molar refractivity (Wildman–Crippen MR) is 89.0 cm³/mol. The predicted octanol–water partition coefficient (Wildman–Crippen LogP) is 2.89. The van der Waals surface area contributed by atoms with Gasteiger partial charge in [0.25, 0.3) is 5.91 Å². The normalized spacial score (nSPS) is 16.8. The lowest BCUT2D eigenvalue weighted by Crippen LogP contribution is -2.45. The third kappa shape index (κ3) is 4.60. The molecule has 1 amide bonds. The molecule has 0 aliphatic heterocycles. The molecule has 1 aromatic carbocycles. The molecule has 0 aromatic heterocycles. The first-order valence-corrected chi connectivity index (χ1v) is 8.09. The summed E-state index contributed by atoms with van der Waals surface area (Å²) >= 11 is 0. The molecule has 1 atom stereocenters. The first-order valence-electron chi connectivity index (χ1n) is 8.09. The number of carbonyl (C=O) groups excluding carboxylic acids is 1. The van der Waals surface area contributed by atoms with Gasteiger partial charge in [0.1, 0.15) is 12.4 Å². The molecular formula is C18H26N2O2. The van der Waals surface area contributed by atoms with Gasteiger partial charge in [-0.2, -0.15) is 0 Å². The Labute approximate surface area is 132 Å². The Hall–Kier alpha value is -1.81. The molecule has 22 heavy (non-hydrogen) atoms. The minimum absolute atomic E-state index is 0.0590. The second kappa shape index (κ2) is 8.59. The number of nitrogens with two attached hydrogens (primary N) is 1. The molecule has 1 unspecified atom stereocenters. The van der Waals surface area contributed by atoms with Crippen molar-refractivity contribution >= 4 is 5.91 Å². The standard InChI is InChI=1S/C18H26N2O2/c1-2-12-22-16-10-8-15(9-11-16)18(21)20-17(13-19)14-6-4-3-5-7-14/h2,8-11,14,17H,1,3-7,12-13,19H2,(H,20,21). The van der Waals surface area contributed by atoms with E-state index >= 15 is 0 Å². The van der Waals surface area contributed by atoms with Crippen molar-refractivity contribution in [3.63, 3.8) is 0 Å². The van der Waals surface area contributed by atoms with Crippen LogP contribution in [0.15, 0.2) is 36.9 Å². The molecule has 3 N–H and O–H groups in total. The molecule has 0 saturated heterocycles. The second-order valence-corrected chi connectivity index (χ2v) is 5.84. The van der Waals surface area contributed by atoms with Gasteiger partial charge in [0, 0.05) is 18.2 Å². The van der Waals surface area contributed by atoms with Crippen LogP contribution in [-0.4, -0.2) is 25.1 Å². The van der Waals surface area contributed by atoms with E-state index in [9.17, 15) is 4.79 Å². The lowest BCUT2D eigenvalue weighted by Gasteiger charge is -2.30. The van der Waals surface area contributed by atoms with E-state index in [1.807, 2.05) is 0 Å². The quantitative estimate of drug-likeness (QED) is 0.761. The number of hydrogen-bond donors (Lipinski definition) is 2. The van der Waals surface area contributed by atoms with E-state index in [0.29, 0.717) is 24.6 Å². The minimum atomic E-state index is -0.0590. The smallest absolute Gasteiger partial charge is 0.251 e. The summed E-state index contributed by atoms with van der Waals surface area (Å²) in [5.74, 6) is 1.19. The topological polar surface area (TPSA) is 64.3 Å². The molecule has 4 heteroatoms. The number of amides is 1. The summed E-state index contributed by atoms with van der Waals surface area (Å²) in [6.07, 6.45) is 7.80. The molecule has 120 valence electrons. The zero-order chi connectivity index (χ0) is 15.8. The summed E-state index contributed by atoms with van der Waals surface area (Å²) in [7, 11) is 0. The molecule has 4 nitrogen and oxygen atoms in total. The molecular weight excluding hydrogens is 276 g/mol. The highest BCUT2D eigenvalue weighted by Gasteiger charge is 2.24. The third-order valence-electron chi connectivity index (χ3n) is 4.27. The van der Waals surface area contributed by atoms with Gasteiger partial charge < -0.3 is 15.8 Å². The molecule has 2 rings (SSSR count). The highest BCUT2D eigenvalue weighted by molar-refractivity contribution is 5.94. The number of nitrogens with one attached hydrogen (secondary N) is 1. The molecule has 1 fully saturated rings. The molecule has 0 bridgehead atoms. The van der Waals surface area contributed by atoms with E-state index in [1.165, 1.54) is 19.3 Å². The lowest BCUT2D eigenvalue weighted by atomic mass is 9.84. The number of carbonyl (C=O) groups is 1. The fourth-order valence-electron chi connectivity index (χ4n) is 3.02. The number of rotatable bonds is 7. The number of benzene rings is 1. The zero-order valence-electron chi connectivity index (χ0n) is 13.1. The van der Waals surface area contributed by atoms with Crippen LogP contribution in [-0.2, 0) is 0 Å². The molecule has 1 aliphatic rings. The van der Waals surface area contributed by atoms with Gasteiger partial charge in [0.2, 0.25) is 0 Å². The van der Waals surface area contributed by atoms with Crippen LogP contribution in [0.5, 0.6) is 5.75 Å². The van der Waals surface area contributed by atoms with Gasteiger partial charge in [-0.25, -0.2) is 0 Å². The van der Waals surface area contributed by atoms with E-state index < -0.39 is 0 Å². The van der Waals surface area contributed by atoms with E-state index in [-0.39, 0.29) is 11.9 Å². The van der Waals surface area contributed by atoms with E-state index in [1.54, 1.807) is 30.3 Å². The summed E-state index contributed by atoms with van der Waals surface area (Å²) in [4.78, 5) is 12.4. The summed E-state index contributed by atoms with van der Waals surface area (Å²) in [6.45, 7) is 4.56. The van der Waals surface area contributed by atoms with E-state index in [4.69, 9.17) is 10.5 Å². The molecule has 0 spiro atoms. The summed E-state index contributed by atoms with van der Waals surface area (Å²) < 4.78 is 5.42. The average molecular weight is 302 g/mol. The number of ether oxygens (including phenoxy) is 1. The SMILES string of the molecule is C=CCOc1ccc(C(=O)NC(CN)C2CCCCC2)cc1. The van der Waals surface area contributed by atoms with Crippen LogP contribution >= 0.6 is 0 Å². The summed E-state index contributed by atoms with van der Waals surface area (Å²) in [6, 6.07) is 7.24. The van der Waals surface area contributed by atoms with Gasteiger partial charge in [-0.1, -0.05) is 31.9 Å². The second-order valence-electron chi connectivity index (χ2n) is 5.84. The van der Waals surface area contributed by atoms with Crippen molar-refractivity contribution in [1.29, 1.82) is 0 Å². The monoisotopic (exact) mass is 302 g/mol. The van der Waals surface area contributed by atoms with Crippen molar-refractivity contribution in [3.05, 3.63) is 42.5 Å². The van der Waals surface area contributed by atoms with Crippen molar-refractivity contribution in [1.82, 2.24) is 5.32 Å². The Morgan fingerprint density at radius 1 is 1.32 bits per heavy atom. The maximum atomic E-state index is 12.4. The van der Waals surface area contributed by atoms with Gasteiger partial charge in [0.15, 0.2) is 0 Å². The van der Waals surface area contributed by atoms with Gasteiger partial charge >= 0.3 is 0 Å². The van der Waals surface area contributed by atoms with Crippen LogP contribution in [0, 0.1) is 5.92 Å². The van der Waals surface area contributed by atoms with Gasteiger partial charge in [-0.05, 0) is 43.0 Å². The average Bonchev–Trinajstić information content (AvgIpc) is 2.58. The van der Waals surface area contributed by atoms with Crippen LogP contribution in [0.3, 0.4) is 0 Å². The third-order valence-corrected chi connectivity index (χ3v) is 4.27. The highest BCUT2D eigenvalue weighted by Crippen LogP contribution is 2.26. The highest BCUT2D eigenvalue weighted by atomic mass is 16.5. The van der Waals surface area contributed by atoms with Crippen molar-refractivity contribution in [2.24, 2.45) is 11.7 Å². The van der Waals surface area contributed by atoms with Gasteiger partial charge in [-0.15, -0.1) is 0 Å². The largest absolute Gasteiger partial charge is 0.490 e.